The fraction of sp³-hybridized carbons (Fsp3) is 0.222. The second kappa shape index (κ2) is 6.87. The molecule has 124 valence electrons. The summed E-state index contributed by atoms with van der Waals surface area (Å²) in [5.41, 5.74) is 1.37. The largest absolute Gasteiger partial charge is 0.353 e. The minimum atomic E-state index is 0.454. The van der Waals surface area contributed by atoms with Crippen LogP contribution in [0.1, 0.15) is 5.69 Å². The number of rotatable bonds is 3. The first-order valence-corrected chi connectivity index (χ1v) is 8.96. The summed E-state index contributed by atoms with van der Waals surface area (Å²) in [4.78, 5) is 9.94. The van der Waals surface area contributed by atoms with Gasteiger partial charge < -0.3 is 9.80 Å². The van der Waals surface area contributed by atoms with E-state index in [1.165, 1.54) is 0 Å². The van der Waals surface area contributed by atoms with Crippen molar-refractivity contribution < 1.29 is 0 Å². The number of piperazine rings is 1. The van der Waals surface area contributed by atoms with Crippen molar-refractivity contribution in [2.24, 2.45) is 0 Å². The fourth-order valence-electron chi connectivity index (χ4n) is 2.88. The Balaban J connectivity index is 1.42. The molecule has 0 spiro atoms. The van der Waals surface area contributed by atoms with Crippen LogP contribution in [0.2, 0.25) is 0 Å². The van der Waals surface area contributed by atoms with Crippen LogP contribution in [0.15, 0.2) is 47.8 Å². The second-order valence-electron chi connectivity index (χ2n) is 5.72. The van der Waals surface area contributed by atoms with Crippen LogP contribution in [0, 0.1) is 11.3 Å². The van der Waals surface area contributed by atoms with Gasteiger partial charge in [0.15, 0.2) is 5.82 Å². The van der Waals surface area contributed by atoms with E-state index >= 15 is 0 Å². The third-order valence-corrected chi connectivity index (χ3v) is 5.09. The highest BCUT2D eigenvalue weighted by Gasteiger charge is 2.19. The zero-order chi connectivity index (χ0) is 17.1. The van der Waals surface area contributed by atoms with E-state index in [2.05, 4.69) is 37.1 Å². The molecule has 0 radical (unpaired) electrons. The molecule has 3 aromatic rings. The normalized spacial score (nSPS) is 14.4. The number of hydrogen-bond acceptors (Lipinski definition) is 7. The van der Waals surface area contributed by atoms with Crippen molar-refractivity contribution in [3.63, 3.8) is 0 Å². The van der Waals surface area contributed by atoms with Crippen molar-refractivity contribution in [2.45, 2.75) is 0 Å². The van der Waals surface area contributed by atoms with Gasteiger partial charge in [0.05, 0.1) is 4.88 Å². The molecule has 0 amide bonds. The number of anilines is 2. The Morgan fingerprint density at radius 3 is 2.32 bits per heavy atom. The van der Waals surface area contributed by atoms with Gasteiger partial charge >= 0.3 is 0 Å². The summed E-state index contributed by atoms with van der Waals surface area (Å²) in [7, 11) is 0. The lowest BCUT2D eigenvalue weighted by Crippen LogP contribution is -2.47. The molecule has 1 fully saturated rings. The summed E-state index contributed by atoms with van der Waals surface area (Å²) >= 11 is 1.67. The molecule has 0 N–H and O–H groups in total. The topological polar surface area (TPSA) is 68.9 Å². The molecular weight excluding hydrogens is 332 g/mol. The predicted molar refractivity (Wildman–Crippen MR) is 98.7 cm³/mol. The standard InChI is InChI=1S/C18H16N6S/c19-13-14-3-1-5-17(20-14)23-8-10-24(11-9-23)18-7-6-15(21-22-18)16-4-2-12-25-16/h1-7,12H,8-11H2. The van der Waals surface area contributed by atoms with Crippen LogP contribution in [0.3, 0.4) is 0 Å². The molecule has 0 saturated carbocycles. The van der Waals surface area contributed by atoms with E-state index in [0.29, 0.717) is 5.69 Å². The van der Waals surface area contributed by atoms with Crippen molar-refractivity contribution in [1.82, 2.24) is 15.2 Å². The second-order valence-corrected chi connectivity index (χ2v) is 6.67. The Bertz CT molecular complexity index is 877. The Hall–Kier alpha value is -2.98. The van der Waals surface area contributed by atoms with Gasteiger partial charge in [-0.25, -0.2) is 4.98 Å². The smallest absolute Gasteiger partial charge is 0.151 e. The first-order chi connectivity index (χ1) is 12.3. The third kappa shape index (κ3) is 3.30. The van der Waals surface area contributed by atoms with E-state index in [-0.39, 0.29) is 0 Å². The van der Waals surface area contributed by atoms with E-state index in [4.69, 9.17) is 5.26 Å². The van der Waals surface area contributed by atoms with Crippen molar-refractivity contribution in [3.8, 4) is 16.6 Å². The number of pyridine rings is 1. The van der Waals surface area contributed by atoms with E-state index in [0.717, 1.165) is 48.4 Å². The average Bonchev–Trinajstić information content (AvgIpc) is 3.23. The summed E-state index contributed by atoms with van der Waals surface area (Å²) in [5, 5.41) is 19.8. The summed E-state index contributed by atoms with van der Waals surface area (Å²) < 4.78 is 0. The molecule has 4 rings (SSSR count). The molecule has 6 nitrogen and oxygen atoms in total. The molecule has 1 saturated heterocycles. The van der Waals surface area contributed by atoms with Gasteiger partial charge in [0.2, 0.25) is 0 Å². The first-order valence-electron chi connectivity index (χ1n) is 8.08. The first kappa shape index (κ1) is 15.5. The molecule has 1 aliphatic heterocycles. The van der Waals surface area contributed by atoms with Crippen LogP contribution in [-0.4, -0.2) is 41.4 Å². The SMILES string of the molecule is N#Cc1cccc(N2CCN(c3ccc(-c4cccs4)nn3)CC2)n1. The van der Waals surface area contributed by atoms with Gasteiger partial charge in [-0.3, -0.25) is 0 Å². The predicted octanol–water partition coefficient (Wildman–Crippen LogP) is 2.80. The maximum atomic E-state index is 8.99. The third-order valence-electron chi connectivity index (χ3n) is 4.20. The molecule has 0 bridgehead atoms. The number of thiophene rings is 1. The average molecular weight is 348 g/mol. The van der Waals surface area contributed by atoms with Gasteiger partial charge in [0.1, 0.15) is 23.3 Å². The number of hydrogen-bond donors (Lipinski definition) is 0. The molecule has 4 heterocycles. The van der Waals surface area contributed by atoms with Gasteiger partial charge in [0.25, 0.3) is 0 Å². The molecule has 0 atom stereocenters. The minimum Gasteiger partial charge on any atom is -0.353 e. The van der Waals surface area contributed by atoms with E-state index in [1.807, 2.05) is 35.7 Å². The molecule has 7 heteroatoms. The lowest BCUT2D eigenvalue weighted by Gasteiger charge is -2.35. The Morgan fingerprint density at radius 1 is 0.880 bits per heavy atom. The lowest BCUT2D eigenvalue weighted by atomic mass is 10.2. The minimum absolute atomic E-state index is 0.454. The summed E-state index contributed by atoms with van der Waals surface area (Å²) in [6.45, 7) is 3.39. The summed E-state index contributed by atoms with van der Waals surface area (Å²) in [5.74, 6) is 1.76. The molecule has 25 heavy (non-hydrogen) atoms. The Labute approximate surface area is 150 Å². The van der Waals surface area contributed by atoms with Crippen LogP contribution in [0.4, 0.5) is 11.6 Å². The Morgan fingerprint density at radius 2 is 1.68 bits per heavy atom. The summed E-state index contributed by atoms with van der Waals surface area (Å²) in [6.07, 6.45) is 0. The van der Waals surface area contributed by atoms with E-state index in [9.17, 15) is 0 Å². The molecule has 3 aromatic heterocycles. The van der Waals surface area contributed by atoms with Gasteiger partial charge in [-0.05, 0) is 35.7 Å². The molecule has 0 aromatic carbocycles. The zero-order valence-electron chi connectivity index (χ0n) is 13.5. The Kier molecular flexibility index (Phi) is 4.27. The fourth-order valence-corrected chi connectivity index (χ4v) is 3.57. The molecule has 1 aliphatic rings. The van der Waals surface area contributed by atoms with Crippen LogP contribution in [-0.2, 0) is 0 Å². The highest BCUT2D eigenvalue weighted by atomic mass is 32.1. The number of nitriles is 1. The van der Waals surface area contributed by atoms with Gasteiger partial charge in [0, 0.05) is 26.2 Å². The van der Waals surface area contributed by atoms with E-state index in [1.54, 1.807) is 17.4 Å². The van der Waals surface area contributed by atoms with Crippen LogP contribution < -0.4 is 9.80 Å². The quantitative estimate of drug-likeness (QED) is 0.725. The maximum absolute atomic E-state index is 8.99. The van der Waals surface area contributed by atoms with Gasteiger partial charge in [-0.2, -0.15) is 5.26 Å². The van der Waals surface area contributed by atoms with Crippen molar-refractivity contribution in [1.29, 1.82) is 5.26 Å². The molecule has 0 aliphatic carbocycles. The number of aromatic nitrogens is 3. The van der Waals surface area contributed by atoms with Crippen molar-refractivity contribution in [2.75, 3.05) is 36.0 Å². The monoisotopic (exact) mass is 348 g/mol. The van der Waals surface area contributed by atoms with Crippen LogP contribution in [0.25, 0.3) is 10.6 Å². The maximum Gasteiger partial charge on any atom is 0.151 e. The molecule has 0 unspecified atom stereocenters. The van der Waals surface area contributed by atoms with Crippen molar-refractivity contribution in [3.05, 3.63) is 53.5 Å². The van der Waals surface area contributed by atoms with Gasteiger partial charge in [-0.15, -0.1) is 21.5 Å². The summed E-state index contributed by atoms with van der Waals surface area (Å²) in [6, 6.07) is 15.8. The van der Waals surface area contributed by atoms with Crippen LogP contribution in [0.5, 0.6) is 0 Å². The highest BCUT2D eigenvalue weighted by Crippen LogP contribution is 2.24. The van der Waals surface area contributed by atoms with Crippen molar-refractivity contribution >= 4 is 23.0 Å². The highest BCUT2D eigenvalue weighted by molar-refractivity contribution is 7.13. The van der Waals surface area contributed by atoms with E-state index < -0.39 is 0 Å². The van der Waals surface area contributed by atoms with Gasteiger partial charge in [-0.1, -0.05) is 12.1 Å². The zero-order valence-corrected chi connectivity index (χ0v) is 14.4. The molecular formula is C18H16N6S. The van der Waals surface area contributed by atoms with Crippen LogP contribution >= 0.6 is 11.3 Å². The lowest BCUT2D eigenvalue weighted by molar-refractivity contribution is 0.638. The number of nitrogens with zero attached hydrogens (tertiary/aromatic N) is 6.